The number of rotatable bonds is 2. The highest BCUT2D eigenvalue weighted by molar-refractivity contribution is 5.35. The van der Waals surface area contributed by atoms with Gasteiger partial charge in [0.2, 0.25) is 0 Å². The molecule has 3 rings (SSSR count). The molecule has 2 heteroatoms. The van der Waals surface area contributed by atoms with E-state index in [9.17, 15) is 0 Å². The fourth-order valence-corrected chi connectivity index (χ4v) is 3.28. The number of hydrogen-bond acceptors (Lipinski definition) is 2. The van der Waals surface area contributed by atoms with E-state index in [1.807, 2.05) is 0 Å². The van der Waals surface area contributed by atoms with Crippen LogP contribution < -0.4 is 5.32 Å². The van der Waals surface area contributed by atoms with Crippen LogP contribution in [0, 0.1) is 0 Å². The van der Waals surface area contributed by atoms with Crippen LogP contribution in [0.25, 0.3) is 0 Å². The molecule has 0 amide bonds. The number of aryl methyl sites for hydroxylation is 2. The zero-order chi connectivity index (χ0) is 12.5. The van der Waals surface area contributed by atoms with Gasteiger partial charge in [-0.05, 0) is 49.8 Å². The fraction of sp³-hybridized carbons (Fsp3) is 0.625. The van der Waals surface area contributed by atoms with Crippen LogP contribution in [0.5, 0.6) is 0 Å². The van der Waals surface area contributed by atoms with Crippen molar-refractivity contribution in [2.24, 2.45) is 0 Å². The molecule has 0 saturated carbocycles. The summed E-state index contributed by atoms with van der Waals surface area (Å²) in [5.74, 6) is 0. The largest absolute Gasteiger partial charge is 0.311 e. The predicted octanol–water partition coefficient (Wildman–Crippen LogP) is 2.36. The van der Waals surface area contributed by atoms with E-state index < -0.39 is 0 Å². The number of benzene rings is 1. The second kappa shape index (κ2) is 5.02. The molecule has 2 aliphatic rings. The van der Waals surface area contributed by atoms with Crippen LogP contribution in [0.1, 0.15) is 37.0 Å². The van der Waals surface area contributed by atoms with Crippen LogP contribution in [0.15, 0.2) is 18.2 Å². The SMILES string of the molecule is CC1CN(Cc2ccc3c(c2)CCC3)C(C)CN1. The van der Waals surface area contributed by atoms with E-state index >= 15 is 0 Å². The summed E-state index contributed by atoms with van der Waals surface area (Å²) >= 11 is 0. The Morgan fingerprint density at radius 2 is 2.06 bits per heavy atom. The van der Waals surface area contributed by atoms with Gasteiger partial charge in [-0.25, -0.2) is 0 Å². The van der Waals surface area contributed by atoms with Gasteiger partial charge in [0.1, 0.15) is 0 Å². The van der Waals surface area contributed by atoms with Crippen LogP contribution in [-0.2, 0) is 19.4 Å². The average molecular weight is 244 g/mol. The van der Waals surface area contributed by atoms with Crippen molar-refractivity contribution in [3.8, 4) is 0 Å². The van der Waals surface area contributed by atoms with E-state index in [1.54, 1.807) is 11.1 Å². The molecule has 98 valence electrons. The molecular formula is C16H24N2. The first-order chi connectivity index (χ1) is 8.72. The third-order valence-corrected chi connectivity index (χ3v) is 4.44. The third-order valence-electron chi connectivity index (χ3n) is 4.44. The maximum atomic E-state index is 3.55. The number of nitrogens with one attached hydrogen (secondary N) is 1. The number of hydrogen-bond donors (Lipinski definition) is 1. The van der Waals surface area contributed by atoms with Gasteiger partial charge in [-0.15, -0.1) is 0 Å². The Kier molecular flexibility index (Phi) is 3.40. The highest BCUT2D eigenvalue weighted by Gasteiger charge is 2.22. The lowest BCUT2D eigenvalue weighted by molar-refractivity contribution is 0.139. The average Bonchev–Trinajstić information content (AvgIpc) is 2.81. The zero-order valence-electron chi connectivity index (χ0n) is 11.6. The van der Waals surface area contributed by atoms with Crippen LogP contribution in [0.4, 0.5) is 0 Å². The second-order valence-corrected chi connectivity index (χ2v) is 6.04. The van der Waals surface area contributed by atoms with Crippen molar-refractivity contribution in [2.45, 2.75) is 51.7 Å². The first kappa shape index (κ1) is 12.2. The first-order valence-corrected chi connectivity index (χ1v) is 7.30. The molecule has 2 atom stereocenters. The van der Waals surface area contributed by atoms with Crippen molar-refractivity contribution in [2.75, 3.05) is 13.1 Å². The molecule has 1 aliphatic heterocycles. The van der Waals surface area contributed by atoms with Crippen LogP contribution in [0.2, 0.25) is 0 Å². The quantitative estimate of drug-likeness (QED) is 0.859. The van der Waals surface area contributed by atoms with E-state index in [0.717, 1.165) is 19.6 Å². The summed E-state index contributed by atoms with van der Waals surface area (Å²) in [4.78, 5) is 2.61. The molecular weight excluding hydrogens is 220 g/mol. The van der Waals surface area contributed by atoms with Crippen LogP contribution in [0.3, 0.4) is 0 Å². The second-order valence-electron chi connectivity index (χ2n) is 6.04. The van der Waals surface area contributed by atoms with Gasteiger partial charge in [0.05, 0.1) is 0 Å². The Bertz CT molecular complexity index is 427. The molecule has 0 aromatic heterocycles. The van der Waals surface area contributed by atoms with Gasteiger partial charge in [0.25, 0.3) is 0 Å². The highest BCUT2D eigenvalue weighted by atomic mass is 15.2. The maximum absolute atomic E-state index is 3.55. The number of piperazine rings is 1. The van der Waals surface area contributed by atoms with Crippen molar-refractivity contribution in [1.82, 2.24) is 10.2 Å². The normalized spacial score (nSPS) is 28.3. The first-order valence-electron chi connectivity index (χ1n) is 7.30. The van der Waals surface area contributed by atoms with Gasteiger partial charge in [0.15, 0.2) is 0 Å². The van der Waals surface area contributed by atoms with Crippen molar-refractivity contribution >= 4 is 0 Å². The van der Waals surface area contributed by atoms with Gasteiger partial charge in [-0.3, -0.25) is 4.90 Å². The van der Waals surface area contributed by atoms with Gasteiger partial charge in [-0.1, -0.05) is 18.2 Å². The fourth-order valence-electron chi connectivity index (χ4n) is 3.28. The third kappa shape index (κ3) is 2.45. The van der Waals surface area contributed by atoms with E-state index in [-0.39, 0.29) is 0 Å². The van der Waals surface area contributed by atoms with Crippen molar-refractivity contribution in [1.29, 1.82) is 0 Å². The summed E-state index contributed by atoms with van der Waals surface area (Å²) in [6.07, 6.45) is 3.92. The molecule has 2 unspecified atom stereocenters. The lowest BCUT2D eigenvalue weighted by Crippen LogP contribution is -2.53. The number of fused-ring (bicyclic) bond motifs is 1. The predicted molar refractivity (Wildman–Crippen MR) is 75.8 cm³/mol. The number of nitrogens with zero attached hydrogens (tertiary/aromatic N) is 1. The van der Waals surface area contributed by atoms with E-state index in [2.05, 4.69) is 42.3 Å². The molecule has 18 heavy (non-hydrogen) atoms. The molecule has 1 aromatic rings. The summed E-state index contributed by atoms with van der Waals surface area (Å²) in [6, 6.07) is 8.41. The Morgan fingerprint density at radius 3 is 2.94 bits per heavy atom. The molecule has 1 heterocycles. The molecule has 0 spiro atoms. The standard InChI is InChI=1S/C16H24N2/c1-12-10-18(13(2)9-17-12)11-14-6-7-15-4-3-5-16(15)8-14/h6-8,12-13,17H,3-5,9-11H2,1-2H3. The monoisotopic (exact) mass is 244 g/mol. The highest BCUT2D eigenvalue weighted by Crippen LogP contribution is 2.24. The Balaban J connectivity index is 1.72. The maximum Gasteiger partial charge on any atom is 0.0237 e. The molecule has 1 aromatic carbocycles. The molecule has 1 aliphatic carbocycles. The van der Waals surface area contributed by atoms with Gasteiger partial charge >= 0.3 is 0 Å². The summed E-state index contributed by atoms with van der Waals surface area (Å²) in [5, 5.41) is 3.55. The van der Waals surface area contributed by atoms with Crippen molar-refractivity contribution in [3.63, 3.8) is 0 Å². The lowest BCUT2D eigenvalue weighted by Gasteiger charge is -2.37. The van der Waals surface area contributed by atoms with E-state index in [4.69, 9.17) is 0 Å². The van der Waals surface area contributed by atoms with Gasteiger partial charge in [-0.2, -0.15) is 0 Å². The van der Waals surface area contributed by atoms with Crippen molar-refractivity contribution in [3.05, 3.63) is 34.9 Å². The van der Waals surface area contributed by atoms with Crippen LogP contribution >= 0.6 is 0 Å². The molecule has 0 bridgehead atoms. The van der Waals surface area contributed by atoms with Gasteiger partial charge in [0, 0.05) is 31.7 Å². The van der Waals surface area contributed by atoms with Crippen LogP contribution in [-0.4, -0.2) is 30.1 Å². The van der Waals surface area contributed by atoms with Crippen molar-refractivity contribution < 1.29 is 0 Å². The summed E-state index contributed by atoms with van der Waals surface area (Å²) in [5.41, 5.74) is 4.68. The smallest absolute Gasteiger partial charge is 0.0237 e. The molecule has 1 fully saturated rings. The Hall–Kier alpha value is -0.860. The minimum atomic E-state index is 0.621. The molecule has 2 nitrogen and oxygen atoms in total. The Morgan fingerprint density at radius 1 is 1.22 bits per heavy atom. The molecule has 1 N–H and O–H groups in total. The lowest BCUT2D eigenvalue weighted by atomic mass is 10.0. The topological polar surface area (TPSA) is 15.3 Å². The van der Waals surface area contributed by atoms with E-state index in [1.165, 1.54) is 24.8 Å². The summed E-state index contributed by atoms with van der Waals surface area (Å²) in [7, 11) is 0. The summed E-state index contributed by atoms with van der Waals surface area (Å²) in [6.45, 7) is 8.00. The Labute approximate surface area is 110 Å². The summed E-state index contributed by atoms with van der Waals surface area (Å²) < 4.78 is 0. The minimum Gasteiger partial charge on any atom is -0.311 e. The van der Waals surface area contributed by atoms with E-state index in [0.29, 0.717) is 12.1 Å². The zero-order valence-corrected chi connectivity index (χ0v) is 11.6. The molecule has 1 saturated heterocycles. The minimum absolute atomic E-state index is 0.621. The van der Waals surface area contributed by atoms with Gasteiger partial charge < -0.3 is 5.32 Å². The molecule has 0 radical (unpaired) electrons.